The van der Waals surface area contributed by atoms with Crippen LogP contribution in [-0.2, 0) is 16.1 Å². The molecule has 3 aromatic rings. The van der Waals surface area contributed by atoms with Gasteiger partial charge < -0.3 is 10.0 Å². The molecular formula is C22H15Cl2N3O3. The summed E-state index contributed by atoms with van der Waals surface area (Å²) in [4.78, 5) is 35.7. The van der Waals surface area contributed by atoms with Crippen molar-refractivity contribution in [2.75, 3.05) is 0 Å². The molecule has 8 heteroatoms. The summed E-state index contributed by atoms with van der Waals surface area (Å²) in [6.45, 7) is 0.0881. The van der Waals surface area contributed by atoms with E-state index in [4.69, 9.17) is 23.2 Å². The summed E-state index contributed by atoms with van der Waals surface area (Å²) in [6.07, 6.45) is 3.17. The number of Topliss-reactive ketones (excluding diaryl/α,β-unsaturated/α-hetero) is 1. The molecule has 1 N–H and O–H groups in total. The number of hydrogen-bond donors (Lipinski definition) is 1. The second-order valence-electron chi connectivity index (χ2n) is 6.63. The molecule has 1 atom stereocenters. The van der Waals surface area contributed by atoms with Gasteiger partial charge in [0.2, 0.25) is 0 Å². The number of aliphatic hydroxyl groups excluding tert-OH is 1. The van der Waals surface area contributed by atoms with E-state index in [1.807, 2.05) is 0 Å². The van der Waals surface area contributed by atoms with Gasteiger partial charge in [0.25, 0.3) is 11.7 Å². The minimum Gasteiger partial charge on any atom is -0.507 e. The summed E-state index contributed by atoms with van der Waals surface area (Å²) in [6, 6.07) is 14.1. The molecule has 1 unspecified atom stereocenters. The number of hydrogen-bond acceptors (Lipinski definition) is 5. The molecule has 6 nitrogen and oxygen atoms in total. The summed E-state index contributed by atoms with van der Waals surface area (Å²) in [5, 5.41) is 11.5. The highest BCUT2D eigenvalue weighted by atomic mass is 35.5. The number of aromatic nitrogens is 2. The number of halogens is 2. The van der Waals surface area contributed by atoms with Crippen LogP contribution in [0.2, 0.25) is 10.0 Å². The standard InChI is InChI=1S/C22H15Cl2N3O3/c23-15-8-7-13(11-16(15)24)20(28)18-19(17-6-2-4-10-26-17)27(22(30)21(18)29)12-14-5-1-3-9-25-14/h1-11,19,28H,12H2/b20-18-. The number of carbonyl (C=O) groups is 2. The first-order valence-corrected chi connectivity index (χ1v) is 9.77. The van der Waals surface area contributed by atoms with Crippen molar-refractivity contribution in [3.05, 3.63) is 99.6 Å². The highest BCUT2D eigenvalue weighted by Gasteiger charge is 2.46. The Bertz CT molecular complexity index is 1150. The maximum Gasteiger partial charge on any atom is 0.296 e. The second-order valence-corrected chi connectivity index (χ2v) is 7.45. The number of benzene rings is 1. The van der Waals surface area contributed by atoms with Gasteiger partial charge in [0.05, 0.1) is 33.6 Å². The van der Waals surface area contributed by atoms with E-state index >= 15 is 0 Å². The molecule has 0 bridgehead atoms. The largest absolute Gasteiger partial charge is 0.507 e. The zero-order valence-electron chi connectivity index (χ0n) is 15.5. The van der Waals surface area contributed by atoms with Gasteiger partial charge in [0.15, 0.2) is 0 Å². The molecule has 1 aliphatic rings. The van der Waals surface area contributed by atoms with E-state index in [0.29, 0.717) is 16.4 Å². The lowest BCUT2D eigenvalue weighted by molar-refractivity contribution is -0.140. The van der Waals surface area contributed by atoms with Crippen LogP contribution in [0, 0.1) is 0 Å². The van der Waals surface area contributed by atoms with Gasteiger partial charge in [-0.25, -0.2) is 0 Å². The second kappa shape index (κ2) is 8.26. The monoisotopic (exact) mass is 439 g/mol. The van der Waals surface area contributed by atoms with E-state index in [1.165, 1.54) is 23.1 Å². The molecule has 30 heavy (non-hydrogen) atoms. The Kier molecular flexibility index (Phi) is 5.53. The minimum atomic E-state index is -0.873. The number of rotatable bonds is 4. The predicted molar refractivity (Wildman–Crippen MR) is 113 cm³/mol. The van der Waals surface area contributed by atoms with Crippen LogP contribution >= 0.6 is 23.2 Å². The number of likely N-dealkylation sites (tertiary alicyclic amines) is 1. The maximum absolute atomic E-state index is 12.9. The summed E-state index contributed by atoms with van der Waals surface area (Å²) in [5.74, 6) is -1.88. The maximum atomic E-state index is 12.9. The highest BCUT2D eigenvalue weighted by molar-refractivity contribution is 6.46. The first-order chi connectivity index (χ1) is 14.5. The Morgan fingerprint density at radius 1 is 0.967 bits per heavy atom. The average molecular weight is 440 g/mol. The SMILES string of the molecule is O=C1C(=O)N(Cc2ccccn2)C(c2ccccn2)/C1=C(/O)c1ccc(Cl)c(Cl)c1. The van der Waals surface area contributed by atoms with Crippen LogP contribution in [0.1, 0.15) is 23.0 Å². The zero-order chi connectivity index (χ0) is 21.3. The summed E-state index contributed by atoms with van der Waals surface area (Å²) >= 11 is 12.0. The van der Waals surface area contributed by atoms with E-state index in [2.05, 4.69) is 9.97 Å². The Morgan fingerprint density at radius 3 is 2.33 bits per heavy atom. The summed E-state index contributed by atoms with van der Waals surface area (Å²) < 4.78 is 0. The van der Waals surface area contributed by atoms with Crippen LogP contribution in [-0.4, -0.2) is 31.7 Å². The topological polar surface area (TPSA) is 83.4 Å². The smallest absolute Gasteiger partial charge is 0.296 e. The van der Waals surface area contributed by atoms with Gasteiger partial charge in [-0.05, 0) is 42.5 Å². The number of carbonyl (C=O) groups excluding carboxylic acids is 2. The third-order valence-corrected chi connectivity index (χ3v) is 5.50. The van der Waals surface area contributed by atoms with Gasteiger partial charge in [-0.3, -0.25) is 19.6 Å². The van der Waals surface area contributed by atoms with Gasteiger partial charge in [-0.1, -0.05) is 35.3 Å². The number of amides is 1. The van der Waals surface area contributed by atoms with Crippen LogP contribution < -0.4 is 0 Å². The van der Waals surface area contributed by atoms with E-state index < -0.39 is 17.7 Å². The number of nitrogens with zero attached hydrogens (tertiary/aromatic N) is 3. The summed E-state index contributed by atoms with van der Waals surface area (Å²) in [5.41, 5.74) is 1.28. The van der Waals surface area contributed by atoms with Crippen molar-refractivity contribution in [1.82, 2.24) is 14.9 Å². The summed E-state index contributed by atoms with van der Waals surface area (Å²) in [7, 11) is 0. The number of pyridine rings is 2. The van der Waals surface area contributed by atoms with Crippen molar-refractivity contribution in [1.29, 1.82) is 0 Å². The van der Waals surface area contributed by atoms with Crippen molar-refractivity contribution in [3.63, 3.8) is 0 Å². The van der Waals surface area contributed by atoms with Crippen LogP contribution in [0.3, 0.4) is 0 Å². The predicted octanol–water partition coefficient (Wildman–Crippen LogP) is 4.41. The van der Waals surface area contributed by atoms with Crippen LogP contribution in [0.5, 0.6) is 0 Å². The fourth-order valence-corrected chi connectivity index (χ4v) is 3.65. The quantitative estimate of drug-likeness (QED) is 0.369. The van der Waals surface area contributed by atoms with Gasteiger partial charge in [0.1, 0.15) is 11.8 Å². The Morgan fingerprint density at radius 2 is 1.70 bits per heavy atom. The normalized spacial score (nSPS) is 18.1. The molecule has 3 heterocycles. The van der Waals surface area contributed by atoms with Crippen LogP contribution in [0.15, 0.2) is 72.6 Å². The third-order valence-electron chi connectivity index (χ3n) is 4.76. The van der Waals surface area contributed by atoms with Crippen molar-refractivity contribution in [3.8, 4) is 0 Å². The lowest BCUT2D eigenvalue weighted by Crippen LogP contribution is -2.29. The van der Waals surface area contributed by atoms with Gasteiger partial charge in [0, 0.05) is 18.0 Å². The third kappa shape index (κ3) is 3.67. The van der Waals surface area contributed by atoms with E-state index in [-0.39, 0.29) is 28.5 Å². The number of ketones is 1. The average Bonchev–Trinajstić information content (AvgIpc) is 3.01. The minimum absolute atomic E-state index is 0.0620. The number of aliphatic hydroxyl groups is 1. The Labute approximate surface area is 182 Å². The van der Waals surface area contributed by atoms with Crippen molar-refractivity contribution in [2.24, 2.45) is 0 Å². The molecule has 2 aromatic heterocycles. The first kappa shape index (κ1) is 20.1. The molecule has 150 valence electrons. The van der Waals surface area contributed by atoms with Crippen molar-refractivity contribution in [2.45, 2.75) is 12.6 Å². The van der Waals surface area contributed by atoms with Crippen molar-refractivity contribution < 1.29 is 14.7 Å². The van der Waals surface area contributed by atoms with Crippen LogP contribution in [0.25, 0.3) is 5.76 Å². The molecule has 1 amide bonds. The van der Waals surface area contributed by atoms with Gasteiger partial charge in [-0.2, -0.15) is 0 Å². The Balaban J connectivity index is 1.86. The lowest BCUT2D eigenvalue weighted by atomic mass is 9.98. The molecule has 0 spiro atoms. The van der Waals surface area contributed by atoms with E-state index in [1.54, 1.807) is 48.8 Å². The van der Waals surface area contributed by atoms with Crippen LogP contribution in [0.4, 0.5) is 0 Å². The highest BCUT2D eigenvalue weighted by Crippen LogP contribution is 2.40. The zero-order valence-corrected chi connectivity index (χ0v) is 17.0. The molecule has 0 radical (unpaired) electrons. The fourth-order valence-electron chi connectivity index (χ4n) is 3.35. The molecule has 1 aliphatic heterocycles. The molecular weight excluding hydrogens is 425 g/mol. The Hall–Kier alpha value is -3.22. The molecule has 0 aliphatic carbocycles. The van der Waals surface area contributed by atoms with Crippen molar-refractivity contribution >= 4 is 40.7 Å². The molecule has 4 rings (SSSR count). The van der Waals surface area contributed by atoms with E-state index in [0.717, 1.165) is 0 Å². The van der Waals surface area contributed by atoms with E-state index in [9.17, 15) is 14.7 Å². The van der Waals surface area contributed by atoms with Gasteiger partial charge >= 0.3 is 0 Å². The fraction of sp³-hybridized carbons (Fsp3) is 0.0909. The first-order valence-electron chi connectivity index (χ1n) is 9.02. The molecule has 1 aromatic carbocycles. The molecule has 1 fully saturated rings. The lowest BCUT2D eigenvalue weighted by Gasteiger charge is -2.24. The molecule has 1 saturated heterocycles. The molecule has 0 saturated carbocycles. The van der Waals surface area contributed by atoms with Gasteiger partial charge in [-0.15, -0.1) is 0 Å².